The van der Waals surface area contributed by atoms with Gasteiger partial charge in [0.1, 0.15) is 5.75 Å². The van der Waals surface area contributed by atoms with E-state index in [0.29, 0.717) is 25.4 Å². The molecule has 1 fully saturated rings. The quantitative estimate of drug-likeness (QED) is 0.647. The van der Waals surface area contributed by atoms with Crippen LogP contribution in [-0.2, 0) is 10.0 Å². The average Bonchev–Trinajstić information content (AvgIpc) is 2.78. The summed E-state index contributed by atoms with van der Waals surface area (Å²) in [5, 5.41) is 3.18. The first kappa shape index (κ1) is 23.6. The number of carbonyl (C=O) groups is 1. The van der Waals surface area contributed by atoms with Crippen molar-refractivity contribution in [3.05, 3.63) is 58.6 Å². The van der Waals surface area contributed by atoms with Crippen LogP contribution in [0, 0.1) is 5.92 Å². The van der Waals surface area contributed by atoms with Crippen molar-refractivity contribution in [1.29, 1.82) is 0 Å². The molecule has 1 amide bonds. The number of hydrogen-bond acceptors (Lipinski definition) is 4. The summed E-state index contributed by atoms with van der Waals surface area (Å²) in [6.07, 6.45) is 2.33. The Morgan fingerprint density at radius 2 is 1.84 bits per heavy atom. The van der Waals surface area contributed by atoms with Crippen LogP contribution in [0.25, 0.3) is 0 Å². The largest absolute Gasteiger partial charge is 0.497 e. The number of amides is 1. The molecule has 1 aliphatic heterocycles. The second-order valence-electron chi connectivity index (χ2n) is 7.94. The zero-order chi connectivity index (χ0) is 22.6. The first-order chi connectivity index (χ1) is 14.8. The van der Waals surface area contributed by atoms with Gasteiger partial charge in [0.25, 0.3) is 5.91 Å². The number of nitrogens with zero attached hydrogens (tertiary/aromatic N) is 1. The lowest BCUT2D eigenvalue weighted by Crippen LogP contribution is -2.38. The van der Waals surface area contributed by atoms with E-state index in [1.54, 1.807) is 7.11 Å². The van der Waals surface area contributed by atoms with Crippen LogP contribution in [-0.4, -0.2) is 38.8 Å². The average molecular weight is 465 g/mol. The lowest BCUT2D eigenvalue weighted by Gasteiger charge is -2.29. The van der Waals surface area contributed by atoms with E-state index in [9.17, 15) is 13.2 Å². The van der Waals surface area contributed by atoms with Gasteiger partial charge in [-0.1, -0.05) is 37.6 Å². The van der Waals surface area contributed by atoms with Crippen molar-refractivity contribution < 1.29 is 17.9 Å². The summed E-state index contributed by atoms with van der Waals surface area (Å²) in [6, 6.07) is 11.6. The highest BCUT2D eigenvalue weighted by molar-refractivity contribution is 7.89. The van der Waals surface area contributed by atoms with Gasteiger partial charge in [0.15, 0.2) is 0 Å². The number of sulfonamides is 1. The topological polar surface area (TPSA) is 75.7 Å². The molecule has 1 heterocycles. The Bertz CT molecular complexity index is 1020. The molecule has 0 spiro atoms. The molecule has 0 aliphatic carbocycles. The zero-order valence-electron chi connectivity index (χ0n) is 18.1. The Morgan fingerprint density at radius 1 is 1.19 bits per heavy atom. The molecule has 0 aromatic heterocycles. The first-order valence-electron chi connectivity index (χ1n) is 10.5. The van der Waals surface area contributed by atoms with Gasteiger partial charge in [0.2, 0.25) is 10.0 Å². The van der Waals surface area contributed by atoms with Crippen LogP contribution in [0.2, 0.25) is 5.02 Å². The monoisotopic (exact) mass is 464 g/mol. The molecule has 1 saturated heterocycles. The van der Waals surface area contributed by atoms with Gasteiger partial charge in [-0.15, -0.1) is 0 Å². The molecular formula is C23H29ClN2O4S. The molecule has 1 atom stereocenters. The third-order valence-corrected chi connectivity index (χ3v) is 8.02. The lowest BCUT2D eigenvalue weighted by molar-refractivity contribution is 0.0935. The van der Waals surface area contributed by atoms with Crippen LogP contribution < -0.4 is 10.1 Å². The Balaban J connectivity index is 1.82. The van der Waals surface area contributed by atoms with Crippen molar-refractivity contribution in [2.75, 3.05) is 20.2 Å². The second-order valence-corrected chi connectivity index (χ2v) is 10.3. The fraction of sp³-hybridized carbons (Fsp3) is 0.435. The molecule has 2 aromatic carbocycles. The van der Waals surface area contributed by atoms with Crippen LogP contribution in [0.1, 0.15) is 55.1 Å². The number of methoxy groups -OCH3 is 1. The fourth-order valence-corrected chi connectivity index (χ4v) is 5.41. The standard InChI is InChI=1S/C23H29ClN2O4S/c1-4-22(17-5-7-18(30-3)8-6-17)25-23(27)20-15-19(9-10-21(20)24)31(28,29)26-13-11-16(2)12-14-26/h5-10,15-16,22H,4,11-14H2,1-3H3,(H,25,27). The molecular weight excluding hydrogens is 436 g/mol. The van der Waals surface area contributed by atoms with Gasteiger partial charge in [-0.05, 0) is 61.1 Å². The van der Waals surface area contributed by atoms with Crippen molar-refractivity contribution in [3.63, 3.8) is 0 Å². The summed E-state index contributed by atoms with van der Waals surface area (Å²) < 4.78 is 32.8. The minimum Gasteiger partial charge on any atom is -0.497 e. The van der Waals surface area contributed by atoms with Crippen molar-refractivity contribution in [3.8, 4) is 5.75 Å². The first-order valence-corrected chi connectivity index (χ1v) is 12.3. The predicted molar refractivity (Wildman–Crippen MR) is 122 cm³/mol. The molecule has 0 radical (unpaired) electrons. The molecule has 31 heavy (non-hydrogen) atoms. The zero-order valence-corrected chi connectivity index (χ0v) is 19.7. The third-order valence-electron chi connectivity index (χ3n) is 5.79. The van der Waals surface area contributed by atoms with Crippen LogP contribution in [0.4, 0.5) is 0 Å². The van der Waals surface area contributed by atoms with Crippen molar-refractivity contribution in [1.82, 2.24) is 9.62 Å². The van der Waals surface area contributed by atoms with Gasteiger partial charge in [-0.2, -0.15) is 4.31 Å². The number of rotatable bonds is 7. The smallest absolute Gasteiger partial charge is 0.253 e. The minimum atomic E-state index is -3.67. The number of nitrogens with one attached hydrogen (secondary N) is 1. The maximum Gasteiger partial charge on any atom is 0.253 e. The van der Waals surface area contributed by atoms with Gasteiger partial charge in [-0.25, -0.2) is 8.42 Å². The Morgan fingerprint density at radius 3 is 2.42 bits per heavy atom. The number of hydrogen-bond donors (Lipinski definition) is 1. The molecule has 1 unspecified atom stereocenters. The summed E-state index contributed by atoms with van der Waals surface area (Å²) in [6.45, 7) is 5.07. The van der Waals surface area contributed by atoms with Gasteiger partial charge in [0, 0.05) is 13.1 Å². The summed E-state index contributed by atoms with van der Waals surface area (Å²) in [5.74, 6) is 0.844. The number of benzene rings is 2. The van der Waals surface area contributed by atoms with Crippen LogP contribution in [0.15, 0.2) is 47.4 Å². The fourth-order valence-electron chi connectivity index (χ4n) is 3.71. The molecule has 2 aromatic rings. The van der Waals surface area contributed by atoms with Crippen molar-refractivity contribution in [2.24, 2.45) is 5.92 Å². The highest BCUT2D eigenvalue weighted by atomic mass is 35.5. The van der Waals surface area contributed by atoms with E-state index in [-0.39, 0.29) is 21.5 Å². The second kappa shape index (κ2) is 10.0. The van der Waals surface area contributed by atoms with E-state index in [0.717, 1.165) is 24.2 Å². The third kappa shape index (κ3) is 5.40. The molecule has 1 N–H and O–H groups in total. The van der Waals surface area contributed by atoms with E-state index < -0.39 is 15.9 Å². The van der Waals surface area contributed by atoms with Gasteiger partial charge < -0.3 is 10.1 Å². The molecule has 3 rings (SSSR count). The number of ether oxygens (including phenoxy) is 1. The van der Waals surface area contributed by atoms with Gasteiger partial charge >= 0.3 is 0 Å². The normalized spacial score (nSPS) is 16.6. The lowest BCUT2D eigenvalue weighted by atomic mass is 10.0. The number of halogens is 1. The highest BCUT2D eigenvalue weighted by Crippen LogP contribution is 2.27. The maximum absolute atomic E-state index is 13.1. The summed E-state index contributed by atoms with van der Waals surface area (Å²) in [5.41, 5.74) is 1.08. The van der Waals surface area contributed by atoms with E-state index in [1.807, 2.05) is 31.2 Å². The predicted octanol–water partition coefficient (Wildman–Crippen LogP) is 4.65. The molecule has 0 saturated carbocycles. The Labute approximate surface area is 189 Å². The van der Waals surface area contributed by atoms with Crippen molar-refractivity contribution >= 4 is 27.5 Å². The van der Waals surface area contributed by atoms with Crippen LogP contribution in [0.3, 0.4) is 0 Å². The Kier molecular flexibility index (Phi) is 7.62. The molecule has 0 bridgehead atoms. The van der Waals surface area contributed by atoms with Gasteiger partial charge in [0.05, 0.1) is 28.6 Å². The van der Waals surface area contributed by atoms with Crippen LogP contribution >= 0.6 is 11.6 Å². The van der Waals surface area contributed by atoms with Crippen LogP contribution in [0.5, 0.6) is 5.75 Å². The molecule has 6 nitrogen and oxygen atoms in total. The molecule has 1 aliphatic rings. The molecule has 168 valence electrons. The Hall–Kier alpha value is -2.09. The van der Waals surface area contributed by atoms with E-state index in [2.05, 4.69) is 12.2 Å². The summed E-state index contributed by atoms with van der Waals surface area (Å²) >= 11 is 6.27. The van der Waals surface area contributed by atoms with E-state index >= 15 is 0 Å². The highest BCUT2D eigenvalue weighted by Gasteiger charge is 2.29. The molecule has 8 heteroatoms. The van der Waals surface area contributed by atoms with Crippen molar-refractivity contribution in [2.45, 2.75) is 44.0 Å². The van der Waals surface area contributed by atoms with E-state index in [1.165, 1.54) is 22.5 Å². The number of carbonyl (C=O) groups excluding carboxylic acids is 1. The van der Waals surface area contributed by atoms with Gasteiger partial charge in [-0.3, -0.25) is 4.79 Å². The summed E-state index contributed by atoms with van der Waals surface area (Å²) in [4.78, 5) is 13.1. The maximum atomic E-state index is 13.1. The number of piperidine rings is 1. The van der Waals surface area contributed by atoms with E-state index in [4.69, 9.17) is 16.3 Å². The minimum absolute atomic E-state index is 0.0918. The SMILES string of the molecule is CCC(NC(=O)c1cc(S(=O)(=O)N2CCC(C)CC2)ccc1Cl)c1ccc(OC)cc1. The summed E-state index contributed by atoms with van der Waals surface area (Å²) in [7, 11) is -2.07.